The Labute approximate surface area is 63.4 Å². The van der Waals surface area contributed by atoms with Crippen molar-refractivity contribution in [2.45, 2.75) is 0 Å². The Kier molecular flexibility index (Phi) is 2.03. The standard InChI is InChI=1S/C7H3BF2O/c8-4-1-2-6(9)5(3-4)7(10)11/h1-3H. The second-order valence-corrected chi connectivity index (χ2v) is 2.01. The number of carbonyl (C=O) groups excluding carboxylic acids is 1. The van der Waals surface area contributed by atoms with Gasteiger partial charge in [-0.25, -0.2) is 4.39 Å². The summed E-state index contributed by atoms with van der Waals surface area (Å²) >= 11 is 0. The third kappa shape index (κ3) is 1.64. The molecule has 1 aromatic carbocycles. The van der Waals surface area contributed by atoms with Crippen molar-refractivity contribution in [2.75, 3.05) is 0 Å². The van der Waals surface area contributed by atoms with Crippen molar-refractivity contribution < 1.29 is 13.6 Å². The van der Waals surface area contributed by atoms with Gasteiger partial charge in [0.05, 0.1) is 5.56 Å². The normalized spacial score (nSPS) is 9.64. The van der Waals surface area contributed by atoms with Crippen molar-refractivity contribution in [3.63, 3.8) is 0 Å². The van der Waals surface area contributed by atoms with Crippen molar-refractivity contribution in [1.29, 1.82) is 0 Å². The van der Waals surface area contributed by atoms with Crippen LogP contribution in [0.15, 0.2) is 18.2 Å². The highest BCUT2D eigenvalue weighted by molar-refractivity contribution is 6.32. The zero-order valence-electron chi connectivity index (χ0n) is 5.47. The molecule has 1 aromatic rings. The average molecular weight is 152 g/mol. The number of halogens is 2. The molecule has 0 spiro atoms. The lowest BCUT2D eigenvalue weighted by Crippen LogP contribution is -2.06. The van der Waals surface area contributed by atoms with Gasteiger partial charge in [0.1, 0.15) is 13.7 Å². The highest BCUT2D eigenvalue weighted by Crippen LogP contribution is 2.05. The number of carbonyl (C=O) groups is 1. The van der Waals surface area contributed by atoms with Gasteiger partial charge in [0.25, 0.3) is 0 Å². The quantitative estimate of drug-likeness (QED) is 0.428. The second-order valence-electron chi connectivity index (χ2n) is 2.01. The molecular weight excluding hydrogens is 149 g/mol. The van der Waals surface area contributed by atoms with E-state index in [0.717, 1.165) is 12.1 Å². The van der Waals surface area contributed by atoms with Gasteiger partial charge in [-0.1, -0.05) is 17.6 Å². The summed E-state index contributed by atoms with van der Waals surface area (Å²) in [5, 5.41) is 0. The average Bonchev–Trinajstić information content (AvgIpc) is 1.94. The lowest BCUT2D eigenvalue weighted by molar-refractivity contribution is 0.0831. The molecule has 0 atom stereocenters. The molecule has 0 saturated carbocycles. The van der Waals surface area contributed by atoms with E-state index in [-0.39, 0.29) is 5.46 Å². The van der Waals surface area contributed by atoms with Crippen LogP contribution in [0.25, 0.3) is 0 Å². The highest BCUT2D eigenvalue weighted by atomic mass is 19.1. The van der Waals surface area contributed by atoms with E-state index in [9.17, 15) is 13.6 Å². The lowest BCUT2D eigenvalue weighted by atomic mass is 9.94. The maximum atomic E-state index is 12.5. The molecule has 4 heteroatoms. The van der Waals surface area contributed by atoms with Gasteiger partial charge in [-0.05, 0) is 6.07 Å². The molecule has 0 aromatic heterocycles. The monoisotopic (exact) mass is 152 g/mol. The molecule has 1 rings (SSSR count). The van der Waals surface area contributed by atoms with Crippen molar-refractivity contribution >= 4 is 19.3 Å². The molecule has 0 aliphatic heterocycles. The van der Waals surface area contributed by atoms with Crippen LogP contribution in [0.4, 0.5) is 8.78 Å². The van der Waals surface area contributed by atoms with Crippen molar-refractivity contribution in [1.82, 2.24) is 0 Å². The lowest BCUT2D eigenvalue weighted by Gasteiger charge is -1.96. The first-order valence-electron chi connectivity index (χ1n) is 2.86. The number of benzene rings is 1. The summed E-state index contributed by atoms with van der Waals surface area (Å²) in [5.74, 6) is -0.897. The smallest absolute Gasteiger partial charge is 0.255 e. The second kappa shape index (κ2) is 2.82. The fraction of sp³-hybridized carbons (Fsp3) is 0. The van der Waals surface area contributed by atoms with Crippen molar-refractivity contribution in [3.8, 4) is 0 Å². The molecule has 0 unspecified atom stereocenters. The molecule has 54 valence electrons. The molecule has 0 bridgehead atoms. The van der Waals surface area contributed by atoms with Gasteiger partial charge in [-0.2, -0.15) is 4.39 Å². The Morgan fingerprint density at radius 1 is 1.45 bits per heavy atom. The van der Waals surface area contributed by atoms with E-state index >= 15 is 0 Å². The summed E-state index contributed by atoms with van der Waals surface area (Å²) in [7, 11) is 5.18. The molecule has 0 aliphatic rings. The van der Waals surface area contributed by atoms with Crippen LogP contribution >= 0.6 is 0 Å². The van der Waals surface area contributed by atoms with Crippen LogP contribution in [0.1, 0.15) is 10.4 Å². The molecule has 0 heterocycles. The van der Waals surface area contributed by atoms with Gasteiger partial charge in [-0.3, -0.25) is 4.79 Å². The van der Waals surface area contributed by atoms with E-state index in [1.54, 1.807) is 0 Å². The molecule has 0 N–H and O–H groups in total. The van der Waals surface area contributed by atoms with Crippen LogP contribution < -0.4 is 5.46 Å². The molecule has 0 fully saturated rings. The van der Waals surface area contributed by atoms with Gasteiger partial charge >= 0.3 is 6.04 Å². The summed E-state index contributed by atoms with van der Waals surface area (Å²) < 4.78 is 24.4. The van der Waals surface area contributed by atoms with E-state index in [0.29, 0.717) is 0 Å². The Bertz CT molecular complexity index is 298. The van der Waals surface area contributed by atoms with Gasteiger partial charge in [0.15, 0.2) is 0 Å². The number of rotatable bonds is 1. The predicted molar refractivity (Wildman–Crippen MR) is 37.2 cm³/mol. The summed E-state index contributed by atoms with van der Waals surface area (Å²) in [6, 6.07) is 1.34. The van der Waals surface area contributed by atoms with Crippen LogP contribution in [0.2, 0.25) is 0 Å². The van der Waals surface area contributed by atoms with E-state index in [2.05, 4.69) is 0 Å². The Morgan fingerprint density at radius 3 is 2.55 bits per heavy atom. The molecule has 11 heavy (non-hydrogen) atoms. The van der Waals surface area contributed by atoms with E-state index in [1.165, 1.54) is 6.07 Å². The summed E-state index contributed by atoms with van der Waals surface area (Å²) in [6.45, 7) is 0. The largest absolute Gasteiger partial charge is 0.335 e. The Morgan fingerprint density at radius 2 is 2.09 bits per heavy atom. The van der Waals surface area contributed by atoms with Gasteiger partial charge < -0.3 is 0 Å². The molecular formula is C7H3BF2O. The Balaban J connectivity index is 3.23. The molecule has 2 radical (unpaired) electrons. The SMILES string of the molecule is [B]c1ccc(F)c(C(=O)F)c1. The number of hydrogen-bond acceptors (Lipinski definition) is 1. The van der Waals surface area contributed by atoms with Gasteiger partial charge in [0.2, 0.25) is 0 Å². The molecule has 0 aliphatic carbocycles. The molecule has 0 saturated heterocycles. The maximum absolute atomic E-state index is 12.5. The van der Waals surface area contributed by atoms with Crippen LogP contribution in [0.3, 0.4) is 0 Å². The zero-order valence-corrected chi connectivity index (χ0v) is 5.47. The first kappa shape index (κ1) is 7.92. The minimum Gasteiger partial charge on any atom is -0.255 e. The third-order valence-electron chi connectivity index (χ3n) is 1.20. The van der Waals surface area contributed by atoms with Crippen LogP contribution in [-0.4, -0.2) is 13.9 Å². The third-order valence-corrected chi connectivity index (χ3v) is 1.20. The summed E-state index contributed by atoms with van der Waals surface area (Å²) in [5.41, 5.74) is -0.461. The van der Waals surface area contributed by atoms with Gasteiger partial charge in [0, 0.05) is 0 Å². The first-order chi connectivity index (χ1) is 5.11. The summed E-state index contributed by atoms with van der Waals surface area (Å²) in [6.07, 6.45) is 0. The van der Waals surface area contributed by atoms with Crippen molar-refractivity contribution in [3.05, 3.63) is 29.6 Å². The highest BCUT2D eigenvalue weighted by Gasteiger charge is 2.09. The van der Waals surface area contributed by atoms with E-state index < -0.39 is 17.4 Å². The molecule has 0 amide bonds. The zero-order chi connectivity index (χ0) is 8.43. The fourth-order valence-electron chi connectivity index (χ4n) is 0.694. The van der Waals surface area contributed by atoms with Crippen LogP contribution in [0.5, 0.6) is 0 Å². The first-order valence-corrected chi connectivity index (χ1v) is 2.86. The van der Waals surface area contributed by atoms with Crippen LogP contribution in [0, 0.1) is 5.82 Å². The number of hydrogen-bond donors (Lipinski definition) is 0. The van der Waals surface area contributed by atoms with Crippen molar-refractivity contribution in [2.24, 2.45) is 0 Å². The topological polar surface area (TPSA) is 17.1 Å². The Hall–Kier alpha value is -1.19. The maximum Gasteiger partial charge on any atom is 0.335 e. The van der Waals surface area contributed by atoms with Gasteiger partial charge in [-0.15, -0.1) is 0 Å². The fourth-order valence-corrected chi connectivity index (χ4v) is 0.694. The predicted octanol–water partition coefficient (Wildman–Crippen LogP) is 0.729. The van der Waals surface area contributed by atoms with E-state index in [4.69, 9.17) is 7.85 Å². The van der Waals surface area contributed by atoms with E-state index in [1.807, 2.05) is 0 Å². The summed E-state index contributed by atoms with van der Waals surface area (Å²) in [4.78, 5) is 10.1. The minimum absolute atomic E-state index is 0.160. The molecule has 1 nitrogen and oxygen atoms in total. The van der Waals surface area contributed by atoms with Crippen LogP contribution in [-0.2, 0) is 0 Å². The minimum atomic E-state index is -1.81.